The Labute approximate surface area is 77.9 Å². The van der Waals surface area contributed by atoms with Gasteiger partial charge in [-0.1, -0.05) is 12.8 Å². The molecule has 1 aromatic rings. The van der Waals surface area contributed by atoms with Crippen molar-refractivity contribution in [2.24, 2.45) is 0 Å². The number of nitrogens with zero attached hydrogens (tertiary/aromatic N) is 2. The monoisotopic (exact) mass is 176 g/mol. The number of rotatable bonds is 2. The molecule has 3 nitrogen and oxygen atoms in total. The molecule has 0 aliphatic heterocycles. The molecular formula is C10H12N2O. The van der Waals surface area contributed by atoms with Crippen LogP contribution in [0.25, 0.3) is 0 Å². The van der Waals surface area contributed by atoms with Crippen molar-refractivity contribution in [1.29, 1.82) is 0 Å². The van der Waals surface area contributed by atoms with E-state index in [0.29, 0.717) is 6.42 Å². The summed E-state index contributed by atoms with van der Waals surface area (Å²) in [5.74, 6) is 5.67. The lowest BCUT2D eigenvalue weighted by Crippen LogP contribution is -1.90. The number of aryl methyl sites for hydroxylation is 1. The van der Waals surface area contributed by atoms with Crippen molar-refractivity contribution in [2.75, 3.05) is 6.61 Å². The number of aliphatic hydroxyl groups is 1. The molecule has 0 bridgehead atoms. The van der Waals surface area contributed by atoms with Crippen LogP contribution in [0.3, 0.4) is 0 Å². The summed E-state index contributed by atoms with van der Waals surface area (Å²) in [5.41, 5.74) is 1.71. The van der Waals surface area contributed by atoms with Gasteiger partial charge in [-0.05, 0) is 18.4 Å². The molecule has 0 aliphatic rings. The van der Waals surface area contributed by atoms with Crippen LogP contribution < -0.4 is 0 Å². The highest BCUT2D eigenvalue weighted by Gasteiger charge is 1.92. The van der Waals surface area contributed by atoms with Gasteiger partial charge in [0.2, 0.25) is 0 Å². The van der Waals surface area contributed by atoms with Crippen molar-refractivity contribution < 1.29 is 5.11 Å². The van der Waals surface area contributed by atoms with Gasteiger partial charge in [-0.15, -0.1) is 0 Å². The van der Waals surface area contributed by atoms with E-state index in [0.717, 1.165) is 17.8 Å². The van der Waals surface area contributed by atoms with Crippen LogP contribution in [0.4, 0.5) is 0 Å². The third-order valence-corrected chi connectivity index (χ3v) is 1.54. The molecule has 1 aromatic heterocycles. The maximum Gasteiger partial charge on any atom is 0.117 e. The van der Waals surface area contributed by atoms with E-state index < -0.39 is 0 Å². The first-order valence-electron chi connectivity index (χ1n) is 4.27. The van der Waals surface area contributed by atoms with Crippen molar-refractivity contribution in [3.63, 3.8) is 0 Å². The zero-order valence-electron chi connectivity index (χ0n) is 7.62. The van der Waals surface area contributed by atoms with Gasteiger partial charge in [-0.2, -0.15) is 0 Å². The normalized spacial score (nSPS) is 9.08. The highest BCUT2D eigenvalue weighted by Crippen LogP contribution is 1.96. The van der Waals surface area contributed by atoms with Gasteiger partial charge in [0.05, 0.1) is 6.61 Å². The van der Waals surface area contributed by atoms with Crippen LogP contribution in [-0.4, -0.2) is 21.7 Å². The van der Waals surface area contributed by atoms with Gasteiger partial charge < -0.3 is 5.11 Å². The second-order valence-corrected chi connectivity index (χ2v) is 2.52. The molecular weight excluding hydrogens is 164 g/mol. The first kappa shape index (κ1) is 9.69. The Kier molecular flexibility index (Phi) is 3.94. The summed E-state index contributed by atoms with van der Waals surface area (Å²) < 4.78 is 0. The number of aromatic nitrogens is 2. The van der Waals surface area contributed by atoms with E-state index in [1.54, 1.807) is 0 Å². The number of hydrogen-bond donors (Lipinski definition) is 1. The minimum atomic E-state index is 0.0960. The van der Waals surface area contributed by atoms with Gasteiger partial charge in [0, 0.05) is 12.1 Å². The quantitative estimate of drug-likeness (QED) is 0.677. The molecule has 1 heterocycles. The van der Waals surface area contributed by atoms with Gasteiger partial charge >= 0.3 is 0 Å². The summed E-state index contributed by atoms with van der Waals surface area (Å²) in [7, 11) is 0. The smallest absolute Gasteiger partial charge is 0.117 e. The fourth-order valence-corrected chi connectivity index (χ4v) is 0.868. The van der Waals surface area contributed by atoms with Crippen molar-refractivity contribution in [1.82, 2.24) is 9.97 Å². The molecule has 0 aliphatic carbocycles. The number of aliphatic hydroxyl groups excluding tert-OH is 1. The second kappa shape index (κ2) is 5.28. The summed E-state index contributed by atoms with van der Waals surface area (Å²) in [4.78, 5) is 8.05. The Balaban J connectivity index is 2.73. The topological polar surface area (TPSA) is 46.0 Å². The first-order valence-corrected chi connectivity index (χ1v) is 4.27. The summed E-state index contributed by atoms with van der Waals surface area (Å²) in [5, 5.41) is 8.51. The lowest BCUT2D eigenvalue weighted by Gasteiger charge is -1.93. The molecule has 1 N–H and O–H groups in total. The van der Waals surface area contributed by atoms with Crippen LogP contribution in [0.1, 0.15) is 24.7 Å². The van der Waals surface area contributed by atoms with Crippen molar-refractivity contribution in [3.8, 4) is 11.8 Å². The summed E-state index contributed by atoms with van der Waals surface area (Å²) >= 11 is 0. The Morgan fingerprint density at radius 2 is 2.31 bits per heavy atom. The van der Waals surface area contributed by atoms with Gasteiger partial charge in [0.15, 0.2) is 0 Å². The van der Waals surface area contributed by atoms with Crippen molar-refractivity contribution >= 4 is 0 Å². The molecule has 1 rings (SSSR count). The predicted molar refractivity (Wildman–Crippen MR) is 50.0 cm³/mol. The molecule has 0 saturated heterocycles. The molecule has 0 fully saturated rings. The SMILES string of the molecule is CCc1cc(C#CCCO)ncn1. The molecule has 68 valence electrons. The predicted octanol–water partition coefficient (Wildman–Crippen LogP) is 0.773. The molecule has 0 saturated carbocycles. The molecule has 0 amide bonds. The van der Waals surface area contributed by atoms with E-state index in [1.165, 1.54) is 6.33 Å². The minimum absolute atomic E-state index is 0.0960. The van der Waals surface area contributed by atoms with Crippen LogP contribution >= 0.6 is 0 Å². The van der Waals surface area contributed by atoms with E-state index >= 15 is 0 Å². The molecule has 0 unspecified atom stereocenters. The second-order valence-electron chi connectivity index (χ2n) is 2.52. The van der Waals surface area contributed by atoms with Crippen LogP contribution in [-0.2, 0) is 6.42 Å². The minimum Gasteiger partial charge on any atom is -0.395 e. The maximum absolute atomic E-state index is 8.51. The molecule has 0 aromatic carbocycles. The fraction of sp³-hybridized carbons (Fsp3) is 0.400. The average Bonchev–Trinajstić information content (AvgIpc) is 2.19. The third kappa shape index (κ3) is 3.22. The first-order chi connectivity index (χ1) is 6.36. The van der Waals surface area contributed by atoms with Crippen LogP contribution in [0.15, 0.2) is 12.4 Å². The van der Waals surface area contributed by atoms with E-state index in [4.69, 9.17) is 5.11 Å². The highest BCUT2D eigenvalue weighted by atomic mass is 16.2. The van der Waals surface area contributed by atoms with E-state index in [1.807, 2.05) is 13.0 Å². The third-order valence-electron chi connectivity index (χ3n) is 1.54. The zero-order valence-corrected chi connectivity index (χ0v) is 7.62. The molecule has 0 spiro atoms. The summed E-state index contributed by atoms with van der Waals surface area (Å²) in [6.07, 6.45) is 2.89. The Bertz CT molecular complexity index is 325. The average molecular weight is 176 g/mol. The molecule has 0 radical (unpaired) electrons. The summed E-state index contributed by atoms with van der Waals surface area (Å²) in [6.45, 7) is 2.13. The highest BCUT2D eigenvalue weighted by molar-refractivity contribution is 5.27. The fourth-order valence-electron chi connectivity index (χ4n) is 0.868. The van der Waals surface area contributed by atoms with Crippen molar-refractivity contribution in [3.05, 3.63) is 23.8 Å². The maximum atomic E-state index is 8.51. The lowest BCUT2D eigenvalue weighted by molar-refractivity contribution is 0.305. The Morgan fingerprint density at radius 1 is 1.46 bits per heavy atom. The standard InChI is InChI=1S/C10H12N2O/c1-2-9-7-10(12-8-11-9)5-3-4-6-13/h7-8,13H,2,4,6H2,1H3. The molecule has 0 atom stereocenters. The van der Waals surface area contributed by atoms with Gasteiger partial charge in [0.25, 0.3) is 0 Å². The van der Waals surface area contributed by atoms with E-state index in [9.17, 15) is 0 Å². The Morgan fingerprint density at radius 3 is 3.00 bits per heavy atom. The largest absolute Gasteiger partial charge is 0.395 e. The molecule has 3 heteroatoms. The van der Waals surface area contributed by atoms with E-state index in [2.05, 4.69) is 21.8 Å². The van der Waals surface area contributed by atoms with Crippen LogP contribution in [0, 0.1) is 11.8 Å². The van der Waals surface area contributed by atoms with Gasteiger partial charge in [-0.3, -0.25) is 0 Å². The van der Waals surface area contributed by atoms with Gasteiger partial charge in [-0.25, -0.2) is 9.97 Å². The lowest BCUT2D eigenvalue weighted by atomic mass is 10.2. The van der Waals surface area contributed by atoms with Crippen molar-refractivity contribution in [2.45, 2.75) is 19.8 Å². The Hall–Kier alpha value is -1.40. The number of hydrogen-bond acceptors (Lipinski definition) is 3. The van der Waals surface area contributed by atoms with Crippen LogP contribution in [0.2, 0.25) is 0 Å². The molecule has 13 heavy (non-hydrogen) atoms. The zero-order chi connectivity index (χ0) is 9.52. The van der Waals surface area contributed by atoms with E-state index in [-0.39, 0.29) is 6.61 Å². The van der Waals surface area contributed by atoms with Crippen LogP contribution in [0.5, 0.6) is 0 Å². The summed E-state index contributed by atoms with van der Waals surface area (Å²) in [6, 6.07) is 1.87. The van der Waals surface area contributed by atoms with Gasteiger partial charge in [0.1, 0.15) is 12.0 Å².